The Bertz CT molecular complexity index is 786. The Balaban J connectivity index is 1.77. The molecule has 132 valence electrons. The van der Waals surface area contributed by atoms with E-state index in [1.807, 2.05) is 30.3 Å². The molecule has 1 saturated heterocycles. The maximum absolute atomic E-state index is 12.5. The summed E-state index contributed by atoms with van der Waals surface area (Å²) in [4.78, 5) is 31.1. The van der Waals surface area contributed by atoms with E-state index in [9.17, 15) is 9.59 Å². The first kappa shape index (κ1) is 17.7. The molecule has 0 spiro atoms. The maximum atomic E-state index is 12.5. The number of ether oxygens (including phenoxy) is 1. The quantitative estimate of drug-likeness (QED) is 0.601. The average Bonchev–Trinajstić information content (AvgIpc) is 2.64. The van der Waals surface area contributed by atoms with Crippen molar-refractivity contribution >= 4 is 17.7 Å². The highest BCUT2D eigenvalue weighted by Gasteiger charge is 2.19. The molecule has 0 bridgehead atoms. The van der Waals surface area contributed by atoms with Crippen molar-refractivity contribution in [3.63, 3.8) is 0 Å². The molecule has 0 aliphatic carbocycles. The summed E-state index contributed by atoms with van der Waals surface area (Å²) in [6, 6.07) is 11.5. The van der Waals surface area contributed by atoms with Crippen LogP contribution in [0, 0.1) is 6.92 Å². The van der Waals surface area contributed by atoms with Crippen LogP contribution < -0.4 is 5.56 Å². The second-order valence-electron chi connectivity index (χ2n) is 5.87. The van der Waals surface area contributed by atoms with Gasteiger partial charge in [-0.2, -0.15) is 0 Å². The normalized spacial score (nSPS) is 14.5. The standard InChI is InChI=1S/C18H21N3O3S/c1-14-11-16(22)21(12-17(23)20-7-9-24-10-8-20)18(19-14)25-13-15-5-3-2-4-6-15/h2-6,11H,7-10,12-13H2,1H3. The van der Waals surface area contributed by atoms with E-state index in [1.54, 1.807) is 11.8 Å². The maximum Gasteiger partial charge on any atom is 0.254 e. The van der Waals surface area contributed by atoms with Crippen LogP contribution in [0.4, 0.5) is 0 Å². The number of rotatable bonds is 5. The molecule has 0 saturated carbocycles. The van der Waals surface area contributed by atoms with Gasteiger partial charge in [0.2, 0.25) is 5.91 Å². The fourth-order valence-corrected chi connectivity index (χ4v) is 3.63. The first-order valence-electron chi connectivity index (χ1n) is 8.24. The van der Waals surface area contributed by atoms with Gasteiger partial charge in [0.1, 0.15) is 6.54 Å². The molecule has 2 aromatic rings. The number of carbonyl (C=O) groups excluding carboxylic acids is 1. The minimum atomic E-state index is -0.190. The van der Waals surface area contributed by atoms with Gasteiger partial charge in [-0.3, -0.25) is 14.2 Å². The fraction of sp³-hybridized carbons (Fsp3) is 0.389. The Labute approximate surface area is 150 Å². The highest BCUT2D eigenvalue weighted by molar-refractivity contribution is 7.98. The third kappa shape index (κ3) is 4.70. The Morgan fingerprint density at radius 2 is 1.96 bits per heavy atom. The van der Waals surface area contributed by atoms with Crippen molar-refractivity contribution in [3.8, 4) is 0 Å². The molecule has 0 radical (unpaired) electrons. The Morgan fingerprint density at radius 1 is 1.24 bits per heavy atom. The van der Waals surface area contributed by atoms with Gasteiger partial charge >= 0.3 is 0 Å². The first-order valence-corrected chi connectivity index (χ1v) is 9.23. The lowest BCUT2D eigenvalue weighted by atomic mass is 10.2. The van der Waals surface area contributed by atoms with E-state index in [4.69, 9.17) is 4.74 Å². The monoisotopic (exact) mass is 359 g/mol. The first-order chi connectivity index (χ1) is 12.1. The van der Waals surface area contributed by atoms with Crippen molar-refractivity contribution in [1.29, 1.82) is 0 Å². The number of aryl methyl sites for hydroxylation is 1. The second kappa shape index (κ2) is 8.31. The van der Waals surface area contributed by atoms with E-state index in [-0.39, 0.29) is 18.0 Å². The summed E-state index contributed by atoms with van der Waals surface area (Å²) in [5.41, 5.74) is 1.62. The van der Waals surface area contributed by atoms with Crippen LogP contribution in [0.5, 0.6) is 0 Å². The van der Waals surface area contributed by atoms with Gasteiger partial charge in [-0.05, 0) is 12.5 Å². The molecule has 1 aromatic heterocycles. The largest absolute Gasteiger partial charge is 0.378 e. The van der Waals surface area contributed by atoms with E-state index >= 15 is 0 Å². The van der Waals surface area contributed by atoms with Crippen LogP contribution in [0.3, 0.4) is 0 Å². The molecule has 3 rings (SSSR count). The molecule has 1 aromatic carbocycles. The van der Waals surface area contributed by atoms with Crippen LogP contribution in [0.25, 0.3) is 0 Å². The lowest BCUT2D eigenvalue weighted by Gasteiger charge is -2.27. The van der Waals surface area contributed by atoms with Crippen LogP contribution in [0.2, 0.25) is 0 Å². The van der Waals surface area contributed by atoms with Gasteiger partial charge in [0.05, 0.1) is 13.2 Å². The molecule has 0 N–H and O–H groups in total. The van der Waals surface area contributed by atoms with Crippen LogP contribution in [-0.4, -0.2) is 46.7 Å². The Kier molecular flexibility index (Phi) is 5.88. The number of thioether (sulfide) groups is 1. The predicted molar refractivity (Wildman–Crippen MR) is 96.6 cm³/mol. The molecule has 1 aliphatic rings. The van der Waals surface area contributed by atoms with Crippen molar-refractivity contribution < 1.29 is 9.53 Å². The molecule has 0 atom stereocenters. The molecule has 1 amide bonds. The lowest BCUT2D eigenvalue weighted by molar-refractivity contribution is -0.136. The molecular weight excluding hydrogens is 338 g/mol. The summed E-state index contributed by atoms with van der Waals surface area (Å²) in [7, 11) is 0. The van der Waals surface area contributed by atoms with Crippen molar-refractivity contribution in [1.82, 2.24) is 14.5 Å². The van der Waals surface area contributed by atoms with Gasteiger partial charge in [-0.25, -0.2) is 4.98 Å². The third-order valence-electron chi connectivity index (χ3n) is 3.97. The second-order valence-corrected chi connectivity index (χ2v) is 6.81. The topological polar surface area (TPSA) is 64.4 Å². The zero-order valence-corrected chi connectivity index (χ0v) is 15.0. The van der Waals surface area contributed by atoms with Crippen molar-refractivity contribution in [3.05, 3.63) is 58.0 Å². The number of hydrogen-bond acceptors (Lipinski definition) is 5. The van der Waals surface area contributed by atoms with E-state index in [0.717, 1.165) is 5.56 Å². The summed E-state index contributed by atoms with van der Waals surface area (Å²) < 4.78 is 6.74. The lowest BCUT2D eigenvalue weighted by Crippen LogP contribution is -2.43. The minimum Gasteiger partial charge on any atom is -0.378 e. The summed E-state index contributed by atoms with van der Waals surface area (Å²) in [5.74, 6) is 0.625. The summed E-state index contributed by atoms with van der Waals surface area (Å²) in [6.07, 6.45) is 0. The number of amides is 1. The number of nitrogens with zero attached hydrogens (tertiary/aromatic N) is 3. The van der Waals surface area contributed by atoms with Crippen molar-refractivity contribution in [2.75, 3.05) is 26.3 Å². The van der Waals surface area contributed by atoms with Gasteiger partial charge in [0.25, 0.3) is 5.56 Å². The number of morpholine rings is 1. The zero-order chi connectivity index (χ0) is 17.6. The number of benzene rings is 1. The van der Waals surface area contributed by atoms with Gasteiger partial charge in [-0.15, -0.1) is 0 Å². The van der Waals surface area contributed by atoms with Crippen LogP contribution in [-0.2, 0) is 21.8 Å². The molecule has 0 unspecified atom stereocenters. The van der Waals surface area contributed by atoms with E-state index < -0.39 is 0 Å². The summed E-state index contributed by atoms with van der Waals surface area (Å²) in [5, 5.41) is 0.579. The van der Waals surface area contributed by atoms with Crippen molar-refractivity contribution in [2.45, 2.75) is 24.4 Å². The predicted octanol–water partition coefficient (Wildman–Crippen LogP) is 1.70. The molecule has 25 heavy (non-hydrogen) atoms. The van der Waals surface area contributed by atoms with Gasteiger partial charge in [0, 0.05) is 30.6 Å². The Hall–Kier alpha value is -2.12. The third-order valence-corrected chi connectivity index (χ3v) is 5.02. The zero-order valence-electron chi connectivity index (χ0n) is 14.2. The van der Waals surface area contributed by atoms with E-state index in [0.29, 0.717) is 42.9 Å². The van der Waals surface area contributed by atoms with E-state index in [1.165, 1.54) is 22.4 Å². The van der Waals surface area contributed by atoms with Crippen molar-refractivity contribution in [2.24, 2.45) is 0 Å². The Morgan fingerprint density at radius 3 is 2.68 bits per heavy atom. The minimum absolute atomic E-state index is 0.0171. The highest BCUT2D eigenvalue weighted by Crippen LogP contribution is 2.20. The number of aromatic nitrogens is 2. The smallest absolute Gasteiger partial charge is 0.254 e. The van der Waals surface area contributed by atoms with E-state index in [2.05, 4.69) is 4.98 Å². The molecule has 1 aliphatic heterocycles. The van der Waals surface area contributed by atoms with Crippen LogP contribution >= 0.6 is 11.8 Å². The van der Waals surface area contributed by atoms with Crippen LogP contribution in [0.1, 0.15) is 11.3 Å². The molecule has 1 fully saturated rings. The average molecular weight is 359 g/mol. The molecular formula is C18H21N3O3S. The SMILES string of the molecule is Cc1cc(=O)n(CC(=O)N2CCOCC2)c(SCc2ccccc2)n1. The van der Waals surface area contributed by atoms with Gasteiger partial charge in [0.15, 0.2) is 5.16 Å². The molecule has 2 heterocycles. The molecule has 7 heteroatoms. The number of hydrogen-bond donors (Lipinski definition) is 0. The molecule has 6 nitrogen and oxygen atoms in total. The van der Waals surface area contributed by atoms with Gasteiger partial charge < -0.3 is 9.64 Å². The number of carbonyl (C=O) groups is 1. The fourth-order valence-electron chi connectivity index (χ4n) is 2.62. The van der Waals surface area contributed by atoms with Gasteiger partial charge in [-0.1, -0.05) is 42.1 Å². The highest BCUT2D eigenvalue weighted by atomic mass is 32.2. The van der Waals surface area contributed by atoms with Crippen LogP contribution in [0.15, 0.2) is 46.3 Å². The summed E-state index contributed by atoms with van der Waals surface area (Å²) >= 11 is 1.47. The summed E-state index contributed by atoms with van der Waals surface area (Å²) in [6.45, 7) is 4.04.